The fraction of sp³-hybridized carbons (Fsp3) is 0.500. The van der Waals surface area contributed by atoms with Gasteiger partial charge in [0.1, 0.15) is 0 Å². The number of anilines is 1. The number of carboxylic acid groups (broad SMARTS) is 1. The summed E-state index contributed by atoms with van der Waals surface area (Å²) < 4.78 is 3.43. The van der Waals surface area contributed by atoms with E-state index in [1.54, 1.807) is 0 Å². The molecule has 0 bridgehead atoms. The summed E-state index contributed by atoms with van der Waals surface area (Å²) in [5, 5.41) is 28.9. The highest BCUT2D eigenvalue weighted by molar-refractivity contribution is 7.09. The Morgan fingerprint density at radius 3 is 2.81 bits per heavy atom. The molecule has 1 aromatic rings. The second-order valence-corrected chi connectivity index (χ2v) is 3.42. The highest BCUT2D eigenvalue weighted by Gasteiger charge is 2.13. The predicted octanol–water partition coefficient (Wildman–Crippen LogP) is -1.11. The van der Waals surface area contributed by atoms with Gasteiger partial charge in [-0.2, -0.15) is 0 Å². The number of aromatic nitrogens is 3. The minimum Gasteiger partial charge on any atom is -0.479 e. The lowest BCUT2D eigenvalue weighted by molar-refractivity contribution is -0.146. The zero-order chi connectivity index (χ0) is 12.0. The normalized spacial score (nSPS) is 11.8. The highest BCUT2D eigenvalue weighted by atomic mass is 32.1. The maximum absolute atomic E-state index is 11.1. The number of hydrogen-bond donors (Lipinski definition) is 4. The minimum absolute atomic E-state index is 0.0333. The van der Waals surface area contributed by atoms with Gasteiger partial charge in [0.25, 0.3) is 0 Å². The molecular weight excluding hydrogens is 238 g/mol. The number of hydrogen-bond acceptors (Lipinski definition) is 7. The SMILES string of the molecule is O=C(NCCC(O)C(=O)O)Nc1nnns1. The van der Waals surface area contributed by atoms with E-state index < -0.39 is 18.1 Å². The van der Waals surface area contributed by atoms with Crippen molar-refractivity contribution in [1.82, 2.24) is 20.1 Å². The minimum atomic E-state index is -1.48. The van der Waals surface area contributed by atoms with Crippen LogP contribution in [0.5, 0.6) is 0 Å². The van der Waals surface area contributed by atoms with Gasteiger partial charge in [-0.25, -0.2) is 9.59 Å². The van der Waals surface area contributed by atoms with Crippen LogP contribution in [0.4, 0.5) is 9.93 Å². The van der Waals surface area contributed by atoms with Crippen molar-refractivity contribution in [1.29, 1.82) is 0 Å². The summed E-state index contributed by atoms with van der Waals surface area (Å²) in [5.74, 6) is -1.32. The number of aliphatic hydroxyl groups is 1. The van der Waals surface area contributed by atoms with Crippen LogP contribution in [0.2, 0.25) is 0 Å². The summed E-state index contributed by atoms with van der Waals surface area (Å²) in [7, 11) is 0. The van der Waals surface area contributed by atoms with Gasteiger partial charge < -0.3 is 15.5 Å². The lowest BCUT2D eigenvalue weighted by Gasteiger charge is -2.06. The van der Waals surface area contributed by atoms with E-state index in [9.17, 15) is 9.59 Å². The van der Waals surface area contributed by atoms with Crippen LogP contribution in [-0.2, 0) is 4.79 Å². The van der Waals surface area contributed by atoms with Gasteiger partial charge in [0.05, 0.1) is 0 Å². The Bertz CT molecular complexity index is 356. The number of rotatable bonds is 5. The van der Waals surface area contributed by atoms with Crippen molar-refractivity contribution in [3.63, 3.8) is 0 Å². The maximum atomic E-state index is 11.1. The van der Waals surface area contributed by atoms with Crippen molar-refractivity contribution < 1.29 is 19.8 Å². The molecule has 1 atom stereocenters. The number of nitrogens with one attached hydrogen (secondary N) is 2. The molecule has 1 heterocycles. The molecule has 0 aliphatic carbocycles. The molecule has 1 aromatic heterocycles. The van der Waals surface area contributed by atoms with E-state index in [4.69, 9.17) is 10.2 Å². The molecule has 2 amide bonds. The van der Waals surface area contributed by atoms with E-state index in [-0.39, 0.29) is 18.1 Å². The smallest absolute Gasteiger partial charge is 0.332 e. The van der Waals surface area contributed by atoms with Gasteiger partial charge >= 0.3 is 12.0 Å². The molecule has 4 N–H and O–H groups in total. The van der Waals surface area contributed by atoms with E-state index in [1.165, 1.54) is 0 Å². The number of nitrogens with zero attached hydrogens (tertiary/aromatic N) is 3. The fourth-order valence-electron chi connectivity index (χ4n) is 0.769. The van der Waals surface area contributed by atoms with Gasteiger partial charge in [-0.05, 0) is 5.21 Å². The van der Waals surface area contributed by atoms with Crippen LogP contribution in [0.15, 0.2) is 0 Å². The van der Waals surface area contributed by atoms with Gasteiger partial charge in [0.2, 0.25) is 5.13 Å². The molecule has 9 nitrogen and oxygen atoms in total. The molecule has 1 unspecified atom stereocenters. The largest absolute Gasteiger partial charge is 0.479 e. The molecular formula is C6H9N5O4S. The number of carbonyl (C=O) groups excluding carboxylic acids is 1. The number of urea groups is 1. The van der Waals surface area contributed by atoms with Gasteiger partial charge in [-0.3, -0.25) is 5.32 Å². The van der Waals surface area contributed by atoms with Gasteiger partial charge in [0.15, 0.2) is 6.10 Å². The van der Waals surface area contributed by atoms with Crippen LogP contribution in [0, 0.1) is 0 Å². The van der Waals surface area contributed by atoms with Crippen molar-refractivity contribution in [2.75, 3.05) is 11.9 Å². The third-order valence-electron chi connectivity index (χ3n) is 1.51. The number of aliphatic hydroxyl groups excluding tert-OH is 1. The lowest BCUT2D eigenvalue weighted by Crippen LogP contribution is -2.33. The van der Waals surface area contributed by atoms with Crippen LogP contribution in [-0.4, -0.2) is 49.7 Å². The molecule has 0 aliphatic heterocycles. The molecule has 0 saturated carbocycles. The summed E-state index contributed by atoms with van der Waals surface area (Å²) in [5.41, 5.74) is 0. The topological polar surface area (TPSA) is 137 Å². The van der Waals surface area contributed by atoms with Crippen LogP contribution < -0.4 is 10.6 Å². The first-order valence-electron chi connectivity index (χ1n) is 4.20. The molecule has 10 heteroatoms. The Labute approximate surface area is 93.6 Å². The summed E-state index contributed by atoms with van der Waals surface area (Å²) in [6.07, 6.45) is -1.56. The van der Waals surface area contributed by atoms with E-state index in [2.05, 4.69) is 25.4 Å². The standard InChI is InChI=1S/C6H9N5O4S/c12-3(4(13)14)1-2-7-5(15)8-6-9-10-11-16-6/h3,12H,1-2H2,(H,13,14)(H2,7,8,9,11,15). The monoisotopic (exact) mass is 247 g/mol. The average molecular weight is 247 g/mol. The molecule has 0 radical (unpaired) electrons. The molecule has 16 heavy (non-hydrogen) atoms. The van der Waals surface area contributed by atoms with E-state index >= 15 is 0 Å². The van der Waals surface area contributed by atoms with Crippen LogP contribution in [0.25, 0.3) is 0 Å². The first-order valence-corrected chi connectivity index (χ1v) is 4.97. The van der Waals surface area contributed by atoms with Crippen molar-refractivity contribution >= 4 is 28.7 Å². The second-order valence-electron chi connectivity index (χ2n) is 2.69. The van der Waals surface area contributed by atoms with E-state index in [1.807, 2.05) is 0 Å². The summed E-state index contributed by atoms with van der Waals surface area (Å²) in [6.45, 7) is 0.0333. The first-order chi connectivity index (χ1) is 7.59. The number of carbonyl (C=O) groups is 2. The Morgan fingerprint density at radius 2 is 2.25 bits per heavy atom. The second kappa shape index (κ2) is 5.92. The highest BCUT2D eigenvalue weighted by Crippen LogP contribution is 2.03. The van der Waals surface area contributed by atoms with Crippen LogP contribution in [0.1, 0.15) is 6.42 Å². The number of amides is 2. The number of carboxylic acids is 1. The molecule has 1 rings (SSSR count). The van der Waals surface area contributed by atoms with Crippen molar-refractivity contribution in [3.05, 3.63) is 0 Å². The molecule has 0 spiro atoms. The van der Waals surface area contributed by atoms with Gasteiger partial charge in [-0.1, -0.05) is 9.59 Å². The predicted molar refractivity (Wildman–Crippen MR) is 53.0 cm³/mol. The van der Waals surface area contributed by atoms with Gasteiger partial charge in [-0.15, -0.1) is 0 Å². The Morgan fingerprint density at radius 1 is 1.50 bits per heavy atom. The lowest BCUT2D eigenvalue weighted by atomic mass is 10.2. The first kappa shape index (κ1) is 12.3. The van der Waals surface area contributed by atoms with E-state index in [0.717, 1.165) is 11.5 Å². The molecule has 0 aromatic carbocycles. The third-order valence-corrected chi connectivity index (χ3v) is 2.02. The number of aliphatic carboxylic acids is 1. The maximum Gasteiger partial charge on any atom is 0.332 e. The van der Waals surface area contributed by atoms with Crippen LogP contribution >= 0.6 is 11.5 Å². The Kier molecular flexibility index (Phi) is 4.54. The molecule has 0 saturated heterocycles. The van der Waals surface area contributed by atoms with Gasteiger partial charge in [0, 0.05) is 24.5 Å². The zero-order valence-corrected chi connectivity index (χ0v) is 8.77. The molecule has 0 aliphatic rings. The zero-order valence-electron chi connectivity index (χ0n) is 7.95. The third kappa shape index (κ3) is 4.14. The quantitative estimate of drug-likeness (QED) is 0.517. The summed E-state index contributed by atoms with van der Waals surface area (Å²) >= 11 is 0.908. The van der Waals surface area contributed by atoms with Crippen molar-refractivity contribution in [2.45, 2.75) is 12.5 Å². The molecule has 88 valence electrons. The summed E-state index contributed by atoms with van der Waals surface area (Å²) in [6, 6.07) is -0.559. The fourth-order valence-corrected chi connectivity index (χ4v) is 1.13. The Balaban J connectivity index is 2.18. The van der Waals surface area contributed by atoms with E-state index in [0.29, 0.717) is 0 Å². The van der Waals surface area contributed by atoms with Crippen molar-refractivity contribution in [3.8, 4) is 0 Å². The Hall–Kier alpha value is -1.81. The average Bonchev–Trinajstić information content (AvgIpc) is 2.70. The van der Waals surface area contributed by atoms with Crippen LogP contribution in [0.3, 0.4) is 0 Å². The summed E-state index contributed by atoms with van der Waals surface area (Å²) in [4.78, 5) is 21.3. The molecule has 0 fully saturated rings. The van der Waals surface area contributed by atoms with Crippen molar-refractivity contribution in [2.24, 2.45) is 0 Å².